The molecule has 0 aliphatic carbocycles. The van der Waals surface area contributed by atoms with Gasteiger partial charge >= 0.3 is 18.1 Å². The third-order valence-electron chi connectivity index (χ3n) is 3.06. The van der Waals surface area contributed by atoms with Crippen molar-refractivity contribution < 1.29 is 14.3 Å². The van der Waals surface area contributed by atoms with E-state index in [0.29, 0.717) is 5.82 Å². The predicted octanol–water partition coefficient (Wildman–Crippen LogP) is 1.77. The molecule has 0 fully saturated rings. The zero-order valence-electron chi connectivity index (χ0n) is 13.3. The van der Waals surface area contributed by atoms with Crippen LogP contribution >= 0.6 is 0 Å². The second-order valence-electron chi connectivity index (χ2n) is 4.54. The number of amides is 2. The van der Waals surface area contributed by atoms with Gasteiger partial charge in [0, 0.05) is 5.69 Å². The smallest absolute Gasteiger partial charge is 0.322 e. The third-order valence-corrected chi connectivity index (χ3v) is 3.06. The van der Waals surface area contributed by atoms with Gasteiger partial charge in [-0.3, -0.25) is 0 Å². The number of aromatic nitrogens is 3. The van der Waals surface area contributed by atoms with Crippen LogP contribution in [0.15, 0.2) is 24.3 Å². The summed E-state index contributed by atoms with van der Waals surface area (Å²) in [6.45, 7) is 2.15. The lowest BCUT2D eigenvalue weighted by molar-refractivity contribution is 0.251. The quantitative estimate of drug-likeness (QED) is 0.842. The lowest BCUT2D eigenvalue weighted by Gasteiger charge is -2.11. The number of hydrogen-bond acceptors (Lipinski definition) is 6. The van der Waals surface area contributed by atoms with Gasteiger partial charge in [-0.2, -0.15) is 9.97 Å². The monoisotopic (exact) mass is 317 g/mol. The molecule has 0 spiro atoms. The average molecular weight is 317 g/mol. The van der Waals surface area contributed by atoms with Crippen molar-refractivity contribution in [2.45, 2.75) is 19.9 Å². The van der Waals surface area contributed by atoms with Crippen molar-refractivity contribution >= 4 is 11.7 Å². The number of carbonyl (C=O) groups excluding carboxylic acids is 1. The largest absolute Gasteiger partial charge is 0.467 e. The number of nitrogens with zero attached hydrogens (tertiary/aromatic N) is 3. The molecule has 8 heteroatoms. The minimum Gasteiger partial charge on any atom is -0.467 e. The molecule has 2 N–H and O–H groups in total. The van der Waals surface area contributed by atoms with E-state index in [4.69, 9.17) is 9.47 Å². The summed E-state index contributed by atoms with van der Waals surface area (Å²) in [5.41, 5.74) is 1.84. The van der Waals surface area contributed by atoms with E-state index in [1.807, 2.05) is 31.2 Å². The molecule has 0 aliphatic heterocycles. The fraction of sp³-hybridized carbons (Fsp3) is 0.333. The van der Waals surface area contributed by atoms with E-state index in [1.54, 1.807) is 0 Å². The molecule has 2 amide bonds. The average Bonchev–Trinajstić information content (AvgIpc) is 2.60. The molecule has 0 saturated carbocycles. The Kier molecular flexibility index (Phi) is 5.67. The Morgan fingerprint density at radius 1 is 1.09 bits per heavy atom. The van der Waals surface area contributed by atoms with Crippen LogP contribution in [0.4, 0.5) is 10.5 Å². The maximum Gasteiger partial charge on any atom is 0.322 e. The van der Waals surface area contributed by atoms with Crippen LogP contribution in [0.5, 0.6) is 12.0 Å². The van der Waals surface area contributed by atoms with Gasteiger partial charge in [0.25, 0.3) is 0 Å². The van der Waals surface area contributed by atoms with Crippen LogP contribution in [0.1, 0.15) is 18.3 Å². The fourth-order valence-electron chi connectivity index (χ4n) is 1.92. The molecule has 0 aliphatic rings. The van der Waals surface area contributed by atoms with Crippen LogP contribution in [0.25, 0.3) is 0 Å². The summed E-state index contributed by atoms with van der Waals surface area (Å²) in [4.78, 5) is 24.0. The number of methoxy groups -OCH3 is 2. The second-order valence-corrected chi connectivity index (χ2v) is 4.54. The molecule has 8 nitrogen and oxygen atoms in total. The van der Waals surface area contributed by atoms with Crippen molar-refractivity contribution in [3.63, 3.8) is 0 Å². The summed E-state index contributed by atoms with van der Waals surface area (Å²) >= 11 is 0. The normalized spacial score (nSPS) is 10.0. The number of ether oxygens (including phenoxy) is 2. The fourth-order valence-corrected chi connectivity index (χ4v) is 1.92. The first-order chi connectivity index (χ1) is 11.2. The third kappa shape index (κ3) is 4.53. The molecule has 0 radical (unpaired) electrons. The van der Waals surface area contributed by atoms with E-state index in [1.165, 1.54) is 14.2 Å². The first kappa shape index (κ1) is 16.5. The molecule has 23 heavy (non-hydrogen) atoms. The van der Waals surface area contributed by atoms with Crippen molar-refractivity contribution in [2.24, 2.45) is 0 Å². The summed E-state index contributed by atoms with van der Waals surface area (Å²) < 4.78 is 9.92. The maximum atomic E-state index is 12.0. The first-order valence-corrected chi connectivity index (χ1v) is 7.12. The van der Waals surface area contributed by atoms with E-state index >= 15 is 0 Å². The molecular weight excluding hydrogens is 298 g/mol. The van der Waals surface area contributed by atoms with Gasteiger partial charge in [0.1, 0.15) is 0 Å². The van der Waals surface area contributed by atoms with Gasteiger partial charge < -0.3 is 20.1 Å². The van der Waals surface area contributed by atoms with Crippen LogP contribution in [0.2, 0.25) is 0 Å². The van der Waals surface area contributed by atoms with E-state index in [-0.39, 0.29) is 24.6 Å². The topological polar surface area (TPSA) is 98.3 Å². The summed E-state index contributed by atoms with van der Waals surface area (Å²) in [7, 11) is 2.89. The summed E-state index contributed by atoms with van der Waals surface area (Å²) in [6, 6.07) is 7.55. The van der Waals surface area contributed by atoms with Gasteiger partial charge in [-0.15, -0.1) is 4.98 Å². The maximum absolute atomic E-state index is 12.0. The van der Waals surface area contributed by atoms with Crippen molar-refractivity contribution in [1.82, 2.24) is 20.3 Å². The highest BCUT2D eigenvalue weighted by Gasteiger charge is 2.09. The molecule has 0 bridgehead atoms. The Morgan fingerprint density at radius 2 is 1.74 bits per heavy atom. The minimum atomic E-state index is -0.343. The number of para-hydroxylation sites is 1. The molecule has 0 unspecified atom stereocenters. The SMILES string of the molecule is CCc1ccccc1NC(=O)NCc1nc(OC)nc(OC)n1. The Morgan fingerprint density at radius 3 is 2.35 bits per heavy atom. The number of rotatable bonds is 6. The summed E-state index contributed by atoms with van der Waals surface area (Å²) in [5.74, 6) is 0.340. The zero-order chi connectivity index (χ0) is 16.7. The van der Waals surface area contributed by atoms with Crippen molar-refractivity contribution in [2.75, 3.05) is 19.5 Å². The van der Waals surface area contributed by atoms with Crippen LogP contribution in [0, 0.1) is 0 Å². The van der Waals surface area contributed by atoms with Crippen LogP contribution in [0.3, 0.4) is 0 Å². The van der Waals surface area contributed by atoms with Crippen molar-refractivity contribution in [3.05, 3.63) is 35.7 Å². The minimum absolute atomic E-state index is 0.120. The van der Waals surface area contributed by atoms with Gasteiger partial charge in [0.15, 0.2) is 5.82 Å². The molecular formula is C15H19N5O3. The molecule has 2 aromatic rings. The van der Waals surface area contributed by atoms with E-state index in [0.717, 1.165) is 17.7 Å². The zero-order valence-corrected chi connectivity index (χ0v) is 13.3. The number of carbonyl (C=O) groups is 1. The molecule has 1 aromatic carbocycles. The Hall–Kier alpha value is -2.90. The predicted molar refractivity (Wildman–Crippen MR) is 84.6 cm³/mol. The first-order valence-electron chi connectivity index (χ1n) is 7.12. The molecule has 1 aromatic heterocycles. The molecule has 2 rings (SSSR count). The van der Waals surface area contributed by atoms with Gasteiger partial charge in [-0.05, 0) is 18.1 Å². The standard InChI is InChI=1S/C15H19N5O3/c1-4-10-7-5-6-8-11(10)17-13(21)16-9-12-18-14(22-2)20-15(19-12)23-3/h5-8H,4,9H2,1-3H3,(H2,16,17,21). The van der Waals surface area contributed by atoms with E-state index in [9.17, 15) is 4.79 Å². The second kappa shape index (κ2) is 7.92. The van der Waals surface area contributed by atoms with Crippen molar-refractivity contribution in [1.29, 1.82) is 0 Å². The van der Waals surface area contributed by atoms with Gasteiger partial charge in [-0.1, -0.05) is 25.1 Å². The highest BCUT2D eigenvalue weighted by Crippen LogP contribution is 2.15. The van der Waals surface area contributed by atoms with Crippen LogP contribution in [-0.2, 0) is 13.0 Å². The molecule has 0 atom stereocenters. The Balaban J connectivity index is 1.99. The van der Waals surface area contributed by atoms with Gasteiger partial charge in [0.05, 0.1) is 20.8 Å². The molecule has 0 saturated heterocycles. The number of anilines is 1. The number of aryl methyl sites for hydroxylation is 1. The highest BCUT2D eigenvalue weighted by molar-refractivity contribution is 5.89. The van der Waals surface area contributed by atoms with Gasteiger partial charge in [0.2, 0.25) is 0 Å². The molecule has 1 heterocycles. The number of nitrogens with one attached hydrogen (secondary N) is 2. The summed E-state index contributed by atoms with van der Waals surface area (Å²) in [6.07, 6.45) is 0.832. The highest BCUT2D eigenvalue weighted by atomic mass is 16.5. The number of urea groups is 1. The van der Waals surface area contributed by atoms with Crippen LogP contribution < -0.4 is 20.1 Å². The lowest BCUT2D eigenvalue weighted by Crippen LogP contribution is -2.29. The Labute approximate surface area is 134 Å². The van der Waals surface area contributed by atoms with Crippen LogP contribution in [-0.4, -0.2) is 35.2 Å². The van der Waals surface area contributed by atoms with E-state index < -0.39 is 0 Å². The summed E-state index contributed by atoms with van der Waals surface area (Å²) in [5, 5.41) is 5.49. The van der Waals surface area contributed by atoms with Gasteiger partial charge in [-0.25, -0.2) is 4.79 Å². The van der Waals surface area contributed by atoms with E-state index in [2.05, 4.69) is 25.6 Å². The van der Waals surface area contributed by atoms with Crippen molar-refractivity contribution in [3.8, 4) is 12.0 Å². The number of benzene rings is 1. The molecule has 122 valence electrons. The lowest BCUT2D eigenvalue weighted by atomic mass is 10.1. The number of hydrogen-bond donors (Lipinski definition) is 2. The Bertz CT molecular complexity index is 656.